The Morgan fingerprint density at radius 1 is 1.20 bits per heavy atom. The van der Waals surface area contributed by atoms with Gasteiger partial charge in [-0.15, -0.1) is 0 Å². The third-order valence-electron chi connectivity index (χ3n) is 2.69. The third kappa shape index (κ3) is 2.94. The summed E-state index contributed by atoms with van der Waals surface area (Å²) in [4.78, 5) is 20.8. The van der Waals surface area contributed by atoms with Gasteiger partial charge in [-0.05, 0) is 12.8 Å². The molecule has 0 unspecified atom stereocenters. The fourth-order valence-electron chi connectivity index (χ4n) is 1.86. The smallest absolute Gasteiger partial charge is 0.324 e. The molecule has 0 aliphatic rings. The van der Waals surface area contributed by atoms with E-state index in [1.54, 1.807) is 0 Å². The van der Waals surface area contributed by atoms with Gasteiger partial charge < -0.3 is 14.6 Å². The molecular formula is C11H14N2O7. The van der Waals surface area contributed by atoms with Gasteiger partial charge in [0.05, 0.1) is 30.1 Å². The lowest BCUT2D eigenvalue weighted by atomic mass is 10.0. The zero-order valence-corrected chi connectivity index (χ0v) is 11.0. The SMILES string of the molecule is COc1cc([N+](=O)[O-])c(CCCO)c([N+](=O)[O-])c1OC. The summed E-state index contributed by atoms with van der Waals surface area (Å²) in [7, 11) is 2.45. The van der Waals surface area contributed by atoms with Crippen molar-refractivity contribution in [1.29, 1.82) is 0 Å². The second-order valence-electron chi connectivity index (χ2n) is 3.80. The molecule has 0 saturated carbocycles. The van der Waals surface area contributed by atoms with Crippen molar-refractivity contribution < 1.29 is 24.4 Å². The number of hydrogen-bond donors (Lipinski definition) is 1. The Kier molecular flexibility index (Phi) is 5.21. The van der Waals surface area contributed by atoms with Gasteiger partial charge in [0, 0.05) is 6.61 Å². The number of benzene rings is 1. The molecule has 0 aromatic heterocycles. The Balaban J connectivity index is 3.64. The van der Waals surface area contributed by atoms with Gasteiger partial charge in [0.1, 0.15) is 5.56 Å². The van der Waals surface area contributed by atoms with Gasteiger partial charge in [0.15, 0.2) is 5.75 Å². The van der Waals surface area contributed by atoms with E-state index in [2.05, 4.69) is 0 Å². The first-order valence-electron chi connectivity index (χ1n) is 5.65. The van der Waals surface area contributed by atoms with Crippen molar-refractivity contribution in [2.45, 2.75) is 12.8 Å². The number of aliphatic hydroxyl groups excluding tert-OH is 1. The number of methoxy groups -OCH3 is 2. The van der Waals surface area contributed by atoms with E-state index in [1.807, 2.05) is 0 Å². The van der Waals surface area contributed by atoms with E-state index >= 15 is 0 Å². The van der Waals surface area contributed by atoms with Gasteiger partial charge in [-0.25, -0.2) is 0 Å². The molecule has 0 radical (unpaired) electrons. The van der Waals surface area contributed by atoms with Crippen LogP contribution in [0.4, 0.5) is 11.4 Å². The first-order valence-corrected chi connectivity index (χ1v) is 5.65. The highest BCUT2D eigenvalue weighted by Gasteiger charge is 2.33. The monoisotopic (exact) mass is 286 g/mol. The molecule has 1 N–H and O–H groups in total. The van der Waals surface area contributed by atoms with Crippen LogP contribution in [0.25, 0.3) is 0 Å². The average Bonchev–Trinajstić information content (AvgIpc) is 2.42. The Hall–Kier alpha value is -2.42. The number of rotatable bonds is 7. The van der Waals surface area contributed by atoms with Crippen LogP contribution in [0, 0.1) is 20.2 Å². The Labute approximate surface area is 114 Å². The molecular weight excluding hydrogens is 272 g/mol. The third-order valence-corrected chi connectivity index (χ3v) is 2.69. The molecule has 1 aromatic carbocycles. The standard InChI is InChI=1S/C11H14N2O7/c1-19-9-6-8(12(15)16)7(4-3-5-14)10(13(17)18)11(9)20-2/h6,14H,3-5H2,1-2H3. The maximum absolute atomic E-state index is 11.2. The summed E-state index contributed by atoms with van der Waals surface area (Å²) < 4.78 is 9.83. The van der Waals surface area contributed by atoms with Crippen molar-refractivity contribution in [3.63, 3.8) is 0 Å². The Morgan fingerprint density at radius 3 is 2.25 bits per heavy atom. The molecule has 0 spiro atoms. The van der Waals surface area contributed by atoms with Crippen LogP contribution in [0.1, 0.15) is 12.0 Å². The molecule has 0 amide bonds. The quantitative estimate of drug-likeness (QED) is 0.593. The van der Waals surface area contributed by atoms with E-state index < -0.39 is 21.2 Å². The Morgan fingerprint density at radius 2 is 1.85 bits per heavy atom. The minimum Gasteiger partial charge on any atom is -0.492 e. The zero-order valence-electron chi connectivity index (χ0n) is 11.0. The largest absolute Gasteiger partial charge is 0.492 e. The van der Waals surface area contributed by atoms with E-state index in [0.717, 1.165) is 6.07 Å². The van der Waals surface area contributed by atoms with Crippen LogP contribution in [-0.2, 0) is 6.42 Å². The number of nitro groups is 2. The molecule has 0 fully saturated rings. The number of ether oxygens (including phenoxy) is 2. The molecule has 0 aliphatic carbocycles. The normalized spacial score (nSPS) is 10.2. The molecule has 0 bridgehead atoms. The highest BCUT2D eigenvalue weighted by Crippen LogP contribution is 2.44. The molecule has 20 heavy (non-hydrogen) atoms. The van der Waals surface area contributed by atoms with Crippen molar-refractivity contribution in [3.8, 4) is 11.5 Å². The first kappa shape index (κ1) is 15.6. The van der Waals surface area contributed by atoms with Crippen LogP contribution >= 0.6 is 0 Å². The lowest BCUT2D eigenvalue weighted by Crippen LogP contribution is -2.06. The summed E-state index contributed by atoms with van der Waals surface area (Å²) in [6.45, 7) is -0.233. The van der Waals surface area contributed by atoms with Crippen LogP contribution in [0.2, 0.25) is 0 Å². The first-order chi connectivity index (χ1) is 9.47. The molecule has 9 nitrogen and oxygen atoms in total. The molecule has 0 heterocycles. The van der Waals surface area contributed by atoms with E-state index in [9.17, 15) is 20.2 Å². The maximum Gasteiger partial charge on any atom is 0.324 e. The average molecular weight is 286 g/mol. The highest BCUT2D eigenvalue weighted by molar-refractivity contribution is 5.68. The van der Waals surface area contributed by atoms with Gasteiger partial charge in [-0.1, -0.05) is 0 Å². The lowest BCUT2D eigenvalue weighted by Gasteiger charge is -2.11. The molecule has 1 aromatic rings. The molecule has 0 saturated heterocycles. The number of nitrogens with zero attached hydrogens (tertiary/aromatic N) is 2. The molecule has 9 heteroatoms. The Bertz CT molecular complexity index is 530. The van der Waals surface area contributed by atoms with Gasteiger partial charge in [0.25, 0.3) is 5.69 Å². The maximum atomic E-state index is 11.2. The van der Waals surface area contributed by atoms with Crippen molar-refractivity contribution >= 4 is 11.4 Å². The van der Waals surface area contributed by atoms with Crippen LogP contribution in [0.5, 0.6) is 11.5 Å². The van der Waals surface area contributed by atoms with Gasteiger partial charge in [-0.2, -0.15) is 0 Å². The minimum atomic E-state index is -0.749. The molecule has 1 rings (SSSR count). The fraction of sp³-hybridized carbons (Fsp3) is 0.455. The molecule has 0 atom stereocenters. The molecule has 110 valence electrons. The second kappa shape index (κ2) is 6.66. The van der Waals surface area contributed by atoms with Crippen LogP contribution < -0.4 is 9.47 Å². The van der Waals surface area contributed by atoms with Gasteiger partial charge in [0.2, 0.25) is 5.75 Å². The van der Waals surface area contributed by atoms with Crippen molar-refractivity contribution in [2.24, 2.45) is 0 Å². The summed E-state index contributed by atoms with van der Waals surface area (Å²) in [6.07, 6.45) is 0.153. The van der Waals surface area contributed by atoms with Crippen LogP contribution in [-0.4, -0.2) is 35.8 Å². The summed E-state index contributed by atoms with van der Waals surface area (Å²) in [6, 6.07) is 1.08. The van der Waals surface area contributed by atoms with E-state index in [0.29, 0.717) is 0 Å². The second-order valence-corrected chi connectivity index (χ2v) is 3.80. The van der Waals surface area contributed by atoms with Gasteiger partial charge >= 0.3 is 5.69 Å². The minimum absolute atomic E-state index is 0.0104. The topological polar surface area (TPSA) is 125 Å². The van der Waals surface area contributed by atoms with Crippen molar-refractivity contribution in [3.05, 3.63) is 31.9 Å². The predicted molar refractivity (Wildman–Crippen MR) is 68.3 cm³/mol. The lowest BCUT2D eigenvalue weighted by molar-refractivity contribution is -0.396. The van der Waals surface area contributed by atoms with E-state index in [4.69, 9.17) is 14.6 Å². The summed E-state index contributed by atoms with van der Waals surface area (Å²) >= 11 is 0. The van der Waals surface area contributed by atoms with E-state index in [-0.39, 0.29) is 36.5 Å². The van der Waals surface area contributed by atoms with Crippen LogP contribution in [0.3, 0.4) is 0 Å². The highest BCUT2D eigenvalue weighted by atomic mass is 16.6. The summed E-state index contributed by atoms with van der Waals surface area (Å²) in [5.41, 5.74) is -1.03. The zero-order chi connectivity index (χ0) is 15.3. The number of aliphatic hydroxyl groups is 1. The van der Waals surface area contributed by atoms with Crippen molar-refractivity contribution in [1.82, 2.24) is 0 Å². The van der Waals surface area contributed by atoms with Crippen LogP contribution in [0.15, 0.2) is 6.07 Å². The van der Waals surface area contributed by atoms with E-state index in [1.165, 1.54) is 14.2 Å². The summed E-state index contributed by atoms with van der Waals surface area (Å²) in [5.74, 6) is -0.255. The number of hydrogen-bond acceptors (Lipinski definition) is 7. The number of nitro benzene ring substituents is 2. The van der Waals surface area contributed by atoms with Crippen molar-refractivity contribution in [2.75, 3.05) is 20.8 Å². The predicted octanol–water partition coefficient (Wildman–Crippen LogP) is 1.45. The summed E-state index contributed by atoms with van der Waals surface area (Å²) in [5, 5.41) is 31.1. The molecule has 0 aliphatic heterocycles. The fourth-order valence-corrected chi connectivity index (χ4v) is 1.86. The van der Waals surface area contributed by atoms with Gasteiger partial charge in [-0.3, -0.25) is 20.2 Å².